The van der Waals surface area contributed by atoms with Crippen LogP contribution in [0, 0.1) is 18.3 Å². The molecular weight excluding hydrogens is 216 g/mol. The lowest BCUT2D eigenvalue weighted by atomic mass is 10.1. The maximum Gasteiger partial charge on any atom is 0.142 e. The lowest BCUT2D eigenvalue weighted by Gasteiger charge is -2.23. The third-order valence-electron chi connectivity index (χ3n) is 3.11. The minimum atomic E-state index is 0.255. The van der Waals surface area contributed by atoms with Gasteiger partial charge in [-0.2, -0.15) is 10.4 Å². The lowest BCUT2D eigenvalue weighted by Crippen LogP contribution is -2.27. The SMILES string of the molecule is Cc1nn(C)c(NCC2CCCCO2)c1C#N. The van der Waals surface area contributed by atoms with E-state index in [-0.39, 0.29) is 6.10 Å². The summed E-state index contributed by atoms with van der Waals surface area (Å²) in [7, 11) is 1.85. The highest BCUT2D eigenvalue weighted by Gasteiger charge is 2.17. The molecule has 17 heavy (non-hydrogen) atoms. The van der Waals surface area contributed by atoms with E-state index in [1.807, 2.05) is 14.0 Å². The fourth-order valence-corrected chi connectivity index (χ4v) is 2.17. The Kier molecular flexibility index (Phi) is 3.64. The normalized spacial score (nSPS) is 19.9. The van der Waals surface area contributed by atoms with Crippen LogP contribution in [0.1, 0.15) is 30.5 Å². The molecule has 0 amide bonds. The van der Waals surface area contributed by atoms with E-state index < -0.39 is 0 Å². The van der Waals surface area contributed by atoms with Gasteiger partial charge in [-0.1, -0.05) is 0 Å². The Morgan fingerprint density at radius 2 is 2.41 bits per heavy atom. The van der Waals surface area contributed by atoms with Gasteiger partial charge in [-0.15, -0.1) is 0 Å². The van der Waals surface area contributed by atoms with E-state index in [1.165, 1.54) is 6.42 Å². The monoisotopic (exact) mass is 234 g/mol. The van der Waals surface area contributed by atoms with Crippen LogP contribution in [0.15, 0.2) is 0 Å². The molecule has 0 aliphatic carbocycles. The number of nitriles is 1. The van der Waals surface area contributed by atoms with Crippen LogP contribution in [0.4, 0.5) is 5.82 Å². The van der Waals surface area contributed by atoms with E-state index in [1.54, 1.807) is 4.68 Å². The van der Waals surface area contributed by atoms with Gasteiger partial charge in [0.25, 0.3) is 0 Å². The van der Waals surface area contributed by atoms with Gasteiger partial charge in [-0.25, -0.2) is 0 Å². The largest absolute Gasteiger partial charge is 0.376 e. The zero-order chi connectivity index (χ0) is 12.3. The quantitative estimate of drug-likeness (QED) is 0.862. The predicted octanol–water partition coefficient (Wildman–Crippen LogP) is 1.58. The van der Waals surface area contributed by atoms with Crippen LogP contribution < -0.4 is 5.32 Å². The van der Waals surface area contributed by atoms with Crippen molar-refractivity contribution in [3.05, 3.63) is 11.3 Å². The van der Waals surface area contributed by atoms with Crippen molar-refractivity contribution in [2.75, 3.05) is 18.5 Å². The molecule has 0 spiro atoms. The summed E-state index contributed by atoms with van der Waals surface area (Å²) in [6.07, 6.45) is 3.73. The fraction of sp³-hybridized carbons (Fsp3) is 0.667. The van der Waals surface area contributed by atoms with E-state index >= 15 is 0 Å². The second-order valence-electron chi connectivity index (χ2n) is 4.41. The van der Waals surface area contributed by atoms with Crippen molar-refractivity contribution in [1.29, 1.82) is 5.26 Å². The van der Waals surface area contributed by atoms with Crippen LogP contribution in [-0.4, -0.2) is 29.0 Å². The second-order valence-corrected chi connectivity index (χ2v) is 4.41. The molecule has 5 nitrogen and oxygen atoms in total. The zero-order valence-corrected chi connectivity index (χ0v) is 10.4. The first-order valence-corrected chi connectivity index (χ1v) is 6.01. The number of ether oxygens (including phenoxy) is 1. The van der Waals surface area contributed by atoms with Crippen LogP contribution in [-0.2, 0) is 11.8 Å². The van der Waals surface area contributed by atoms with E-state index in [2.05, 4.69) is 16.5 Å². The Labute approximate surface area is 101 Å². The molecule has 1 atom stereocenters. The Morgan fingerprint density at radius 1 is 1.59 bits per heavy atom. The molecule has 5 heteroatoms. The highest BCUT2D eigenvalue weighted by Crippen LogP contribution is 2.19. The molecule has 1 aliphatic heterocycles. The van der Waals surface area contributed by atoms with Gasteiger partial charge in [-0.05, 0) is 26.2 Å². The van der Waals surface area contributed by atoms with Gasteiger partial charge in [-0.3, -0.25) is 4.68 Å². The van der Waals surface area contributed by atoms with Crippen LogP contribution in [0.2, 0.25) is 0 Å². The first kappa shape index (κ1) is 11.9. The molecule has 2 heterocycles. The maximum absolute atomic E-state index is 9.07. The lowest BCUT2D eigenvalue weighted by molar-refractivity contribution is 0.0247. The molecule has 2 rings (SSSR count). The molecule has 1 unspecified atom stereocenters. The Balaban J connectivity index is 2.01. The van der Waals surface area contributed by atoms with Gasteiger partial charge in [0, 0.05) is 20.2 Å². The molecule has 1 aliphatic rings. The highest BCUT2D eigenvalue weighted by molar-refractivity contribution is 5.55. The van der Waals surface area contributed by atoms with Gasteiger partial charge in [0.05, 0.1) is 11.8 Å². The summed E-state index contributed by atoms with van der Waals surface area (Å²) in [5.41, 5.74) is 1.39. The average Bonchev–Trinajstić information content (AvgIpc) is 2.62. The number of aromatic nitrogens is 2. The van der Waals surface area contributed by atoms with Crippen molar-refractivity contribution in [1.82, 2.24) is 9.78 Å². The van der Waals surface area contributed by atoms with Crippen molar-refractivity contribution in [3.8, 4) is 6.07 Å². The number of anilines is 1. The van der Waals surface area contributed by atoms with E-state index in [0.717, 1.165) is 37.5 Å². The average molecular weight is 234 g/mol. The molecule has 1 aromatic heterocycles. The molecule has 0 saturated carbocycles. The summed E-state index contributed by atoms with van der Waals surface area (Å²) in [5.74, 6) is 0.791. The minimum Gasteiger partial charge on any atom is -0.376 e. The Bertz CT molecular complexity index is 426. The Morgan fingerprint density at radius 3 is 3.06 bits per heavy atom. The molecule has 92 valence electrons. The van der Waals surface area contributed by atoms with E-state index in [9.17, 15) is 0 Å². The number of rotatable bonds is 3. The van der Waals surface area contributed by atoms with Crippen molar-refractivity contribution in [3.63, 3.8) is 0 Å². The van der Waals surface area contributed by atoms with Gasteiger partial charge in [0.1, 0.15) is 17.5 Å². The van der Waals surface area contributed by atoms with Crippen LogP contribution in [0.5, 0.6) is 0 Å². The number of hydrogen-bond donors (Lipinski definition) is 1. The molecule has 1 saturated heterocycles. The summed E-state index contributed by atoms with van der Waals surface area (Å²) in [6.45, 7) is 3.44. The maximum atomic E-state index is 9.07. The van der Waals surface area contributed by atoms with Gasteiger partial charge < -0.3 is 10.1 Å². The first-order chi connectivity index (χ1) is 8.22. The van der Waals surface area contributed by atoms with Crippen molar-refractivity contribution in [2.24, 2.45) is 7.05 Å². The summed E-state index contributed by atoms with van der Waals surface area (Å²) in [4.78, 5) is 0. The molecule has 1 N–H and O–H groups in total. The fourth-order valence-electron chi connectivity index (χ4n) is 2.17. The summed E-state index contributed by atoms with van der Waals surface area (Å²) < 4.78 is 7.36. The van der Waals surface area contributed by atoms with E-state index in [0.29, 0.717) is 5.56 Å². The Hall–Kier alpha value is -1.54. The van der Waals surface area contributed by atoms with Crippen LogP contribution in [0.3, 0.4) is 0 Å². The molecule has 1 aromatic rings. The second kappa shape index (κ2) is 5.19. The number of aryl methyl sites for hydroxylation is 2. The third kappa shape index (κ3) is 2.59. The third-order valence-corrected chi connectivity index (χ3v) is 3.11. The van der Waals surface area contributed by atoms with Crippen molar-refractivity contribution < 1.29 is 4.74 Å². The summed E-state index contributed by atoms with van der Waals surface area (Å²) in [5, 5.41) is 16.6. The summed E-state index contributed by atoms with van der Waals surface area (Å²) >= 11 is 0. The molecule has 0 radical (unpaired) electrons. The van der Waals surface area contributed by atoms with Crippen LogP contribution in [0.25, 0.3) is 0 Å². The molecule has 0 bridgehead atoms. The molecular formula is C12H18N4O. The van der Waals surface area contributed by atoms with Gasteiger partial charge >= 0.3 is 0 Å². The molecule has 0 aromatic carbocycles. The highest BCUT2D eigenvalue weighted by atomic mass is 16.5. The predicted molar refractivity (Wildman–Crippen MR) is 64.7 cm³/mol. The van der Waals surface area contributed by atoms with E-state index in [4.69, 9.17) is 10.00 Å². The summed E-state index contributed by atoms with van der Waals surface area (Å²) in [6, 6.07) is 2.19. The number of hydrogen-bond acceptors (Lipinski definition) is 4. The number of nitrogens with one attached hydrogen (secondary N) is 1. The number of nitrogens with zero attached hydrogens (tertiary/aromatic N) is 3. The minimum absolute atomic E-state index is 0.255. The topological polar surface area (TPSA) is 62.9 Å². The standard InChI is InChI=1S/C12H18N4O/c1-9-11(7-13)12(16(2)15-9)14-8-10-5-3-4-6-17-10/h10,14H,3-6,8H2,1-2H3. The zero-order valence-electron chi connectivity index (χ0n) is 10.4. The van der Waals surface area contributed by atoms with Crippen molar-refractivity contribution >= 4 is 5.82 Å². The van der Waals surface area contributed by atoms with Crippen molar-refractivity contribution in [2.45, 2.75) is 32.3 Å². The molecule has 1 fully saturated rings. The smallest absolute Gasteiger partial charge is 0.142 e. The van der Waals surface area contributed by atoms with Gasteiger partial charge in [0.2, 0.25) is 0 Å². The first-order valence-electron chi connectivity index (χ1n) is 6.01. The van der Waals surface area contributed by atoms with Crippen LogP contribution >= 0.6 is 0 Å². The van der Waals surface area contributed by atoms with Gasteiger partial charge in [0.15, 0.2) is 0 Å².